The van der Waals surface area contributed by atoms with Crippen molar-refractivity contribution in [2.45, 2.75) is 13.8 Å². The SMILES string of the molecule is Cc1ccc(-c2cn(-c3ccc(C)cc3)c3c2C(=O)c2ccccc2C3=O)cc1. The first-order chi connectivity index (χ1) is 14.0. The maximum atomic E-state index is 13.4. The largest absolute Gasteiger partial charge is 0.312 e. The van der Waals surface area contributed by atoms with Crippen molar-refractivity contribution in [3.8, 4) is 16.8 Å². The van der Waals surface area contributed by atoms with Gasteiger partial charge in [0, 0.05) is 28.6 Å². The molecule has 3 aromatic carbocycles. The highest BCUT2D eigenvalue weighted by molar-refractivity contribution is 6.30. The number of benzene rings is 3. The molecule has 0 amide bonds. The Balaban J connectivity index is 1.82. The van der Waals surface area contributed by atoms with Crippen molar-refractivity contribution in [3.63, 3.8) is 0 Å². The quantitative estimate of drug-likeness (QED) is 0.405. The van der Waals surface area contributed by atoms with E-state index in [-0.39, 0.29) is 11.6 Å². The number of aryl methyl sites for hydroxylation is 2. The average Bonchev–Trinajstić information content (AvgIpc) is 3.14. The lowest BCUT2D eigenvalue weighted by molar-refractivity contribution is 0.0975. The molecule has 1 aliphatic carbocycles. The van der Waals surface area contributed by atoms with Gasteiger partial charge in [0.05, 0.1) is 5.56 Å². The highest BCUT2D eigenvalue weighted by Crippen LogP contribution is 2.37. The number of carbonyl (C=O) groups excluding carboxylic acids is 2. The lowest BCUT2D eigenvalue weighted by atomic mass is 9.85. The summed E-state index contributed by atoms with van der Waals surface area (Å²) in [6.07, 6.45) is 1.92. The van der Waals surface area contributed by atoms with Crippen LogP contribution >= 0.6 is 0 Å². The minimum absolute atomic E-state index is 0.100. The highest BCUT2D eigenvalue weighted by Gasteiger charge is 2.35. The summed E-state index contributed by atoms with van der Waals surface area (Å²) < 4.78 is 1.86. The number of hydrogen-bond acceptors (Lipinski definition) is 2. The molecule has 5 rings (SSSR count). The third-order valence-corrected chi connectivity index (χ3v) is 5.54. The van der Waals surface area contributed by atoms with Crippen LogP contribution < -0.4 is 0 Å². The first-order valence-electron chi connectivity index (χ1n) is 9.62. The predicted octanol–water partition coefficient (Wildman–Crippen LogP) is 5.54. The summed E-state index contributed by atoms with van der Waals surface area (Å²) in [6, 6.07) is 23.1. The standard InChI is InChI=1S/C26H19NO2/c1-16-7-11-18(12-8-16)22-15-27(19-13-9-17(2)10-14-19)24-23(22)25(28)20-5-3-4-6-21(20)26(24)29/h3-15H,1-2H3. The maximum absolute atomic E-state index is 13.4. The zero-order valence-corrected chi connectivity index (χ0v) is 16.3. The first-order valence-corrected chi connectivity index (χ1v) is 9.62. The van der Waals surface area contributed by atoms with Crippen LogP contribution in [0.3, 0.4) is 0 Å². The smallest absolute Gasteiger partial charge is 0.211 e. The van der Waals surface area contributed by atoms with Gasteiger partial charge in [-0.25, -0.2) is 0 Å². The summed E-state index contributed by atoms with van der Waals surface area (Å²) >= 11 is 0. The molecule has 3 heteroatoms. The zero-order valence-electron chi connectivity index (χ0n) is 16.3. The van der Waals surface area contributed by atoms with Gasteiger partial charge in [0.15, 0.2) is 5.78 Å². The lowest BCUT2D eigenvalue weighted by Crippen LogP contribution is -2.22. The van der Waals surface area contributed by atoms with Crippen LogP contribution in [0.25, 0.3) is 16.8 Å². The molecule has 4 aromatic rings. The summed E-state index contributed by atoms with van der Waals surface area (Å²) in [6.45, 7) is 4.05. The van der Waals surface area contributed by atoms with E-state index in [1.165, 1.54) is 0 Å². The Hall–Kier alpha value is -3.72. The molecule has 29 heavy (non-hydrogen) atoms. The van der Waals surface area contributed by atoms with Crippen molar-refractivity contribution in [1.82, 2.24) is 4.57 Å². The molecule has 140 valence electrons. The van der Waals surface area contributed by atoms with Gasteiger partial charge in [0.25, 0.3) is 0 Å². The van der Waals surface area contributed by atoms with Crippen LogP contribution in [0.1, 0.15) is 43.1 Å². The zero-order chi connectivity index (χ0) is 20.1. The second-order valence-electron chi connectivity index (χ2n) is 7.54. The molecule has 0 spiro atoms. The van der Waals surface area contributed by atoms with Gasteiger partial charge in [0.2, 0.25) is 5.78 Å². The number of rotatable bonds is 2. The Morgan fingerprint density at radius 1 is 0.621 bits per heavy atom. The van der Waals surface area contributed by atoms with Crippen molar-refractivity contribution >= 4 is 11.6 Å². The van der Waals surface area contributed by atoms with Crippen LogP contribution in [0, 0.1) is 13.8 Å². The number of fused-ring (bicyclic) bond motifs is 2. The molecule has 0 saturated heterocycles. The summed E-state index contributed by atoms with van der Waals surface area (Å²) in [7, 11) is 0. The minimum atomic E-state index is -0.117. The summed E-state index contributed by atoms with van der Waals surface area (Å²) in [4.78, 5) is 26.9. The molecule has 0 aliphatic heterocycles. The fraction of sp³-hybridized carbons (Fsp3) is 0.0769. The maximum Gasteiger partial charge on any atom is 0.211 e. The second kappa shape index (κ2) is 6.42. The van der Waals surface area contributed by atoms with Gasteiger partial charge in [-0.05, 0) is 31.5 Å². The summed E-state index contributed by atoms with van der Waals surface area (Å²) in [5.41, 5.74) is 6.73. The van der Waals surface area contributed by atoms with Crippen molar-refractivity contribution in [1.29, 1.82) is 0 Å². The van der Waals surface area contributed by atoms with Crippen LogP contribution in [0.15, 0.2) is 79.0 Å². The van der Waals surface area contributed by atoms with Gasteiger partial charge in [-0.2, -0.15) is 0 Å². The molecule has 3 nitrogen and oxygen atoms in total. The van der Waals surface area contributed by atoms with Gasteiger partial charge in [0.1, 0.15) is 5.69 Å². The molecule has 0 saturated carbocycles. The Bertz CT molecular complexity index is 1180. The minimum Gasteiger partial charge on any atom is -0.312 e. The van der Waals surface area contributed by atoms with E-state index in [0.717, 1.165) is 27.9 Å². The van der Waals surface area contributed by atoms with Crippen molar-refractivity contribution in [3.05, 3.63) is 113 Å². The fourth-order valence-electron chi connectivity index (χ4n) is 3.96. The van der Waals surface area contributed by atoms with Crippen LogP contribution in [0.2, 0.25) is 0 Å². The van der Waals surface area contributed by atoms with Crippen LogP contribution in [0.4, 0.5) is 0 Å². The van der Waals surface area contributed by atoms with Crippen molar-refractivity contribution in [2.75, 3.05) is 0 Å². The van der Waals surface area contributed by atoms with E-state index < -0.39 is 0 Å². The monoisotopic (exact) mass is 377 g/mol. The number of hydrogen-bond donors (Lipinski definition) is 0. The number of carbonyl (C=O) groups is 2. The molecular formula is C26H19NO2. The van der Waals surface area contributed by atoms with Crippen LogP contribution in [0.5, 0.6) is 0 Å². The van der Waals surface area contributed by atoms with E-state index in [2.05, 4.69) is 0 Å². The number of ketones is 2. The van der Waals surface area contributed by atoms with Crippen molar-refractivity contribution in [2.24, 2.45) is 0 Å². The normalized spacial score (nSPS) is 12.6. The lowest BCUT2D eigenvalue weighted by Gasteiger charge is -2.18. The van der Waals surface area contributed by atoms with Gasteiger partial charge in [-0.1, -0.05) is 71.8 Å². The summed E-state index contributed by atoms with van der Waals surface area (Å²) in [5, 5.41) is 0. The highest BCUT2D eigenvalue weighted by atomic mass is 16.1. The Labute approximate surface area is 169 Å². The van der Waals surface area contributed by atoms with E-state index >= 15 is 0 Å². The number of nitrogens with zero attached hydrogens (tertiary/aromatic N) is 1. The predicted molar refractivity (Wildman–Crippen MR) is 114 cm³/mol. The van der Waals surface area contributed by atoms with E-state index in [1.807, 2.05) is 73.1 Å². The topological polar surface area (TPSA) is 39.1 Å². The third-order valence-electron chi connectivity index (χ3n) is 5.54. The van der Waals surface area contributed by atoms with E-state index in [0.29, 0.717) is 22.4 Å². The Kier molecular flexibility index (Phi) is 3.85. The van der Waals surface area contributed by atoms with E-state index in [4.69, 9.17) is 0 Å². The Morgan fingerprint density at radius 3 is 1.79 bits per heavy atom. The average molecular weight is 377 g/mol. The van der Waals surface area contributed by atoms with Crippen LogP contribution in [-0.2, 0) is 0 Å². The molecule has 1 aromatic heterocycles. The molecule has 0 N–H and O–H groups in total. The molecule has 0 atom stereocenters. The van der Waals surface area contributed by atoms with Crippen LogP contribution in [-0.4, -0.2) is 16.1 Å². The summed E-state index contributed by atoms with van der Waals surface area (Å²) in [5.74, 6) is -0.217. The molecular weight excluding hydrogens is 358 g/mol. The molecule has 0 bridgehead atoms. The fourth-order valence-corrected chi connectivity index (χ4v) is 3.96. The second-order valence-corrected chi connectivity index (χ2v) is 7.54. The molecule has 0 radical (unpaired) electrons. The van der Waals surface area contributed by atoms with Gasteiger partial charge < -0.3 is 4.57 Å². The molecule has 1 aliphatic rings. The van der Waals surface area contributed by atoms with Crippen molar-refractivity contribution < 1.29 is 9.59 Å². The molecule has 0 unspecified atom stereocenters. The Morgan fingerprint density at radius 2 is 1.17 bits per heavy atom. The van der Waals surface area contributed by atoms with E-state index in [9.17, 15) is 9.59 Å². The third kappa shape index (κ3) is 2.66. The van der Waals surface area contributed by atoms with Gasteiger partial charge >= 0.3 is 0 Å². The first kappa shape index (κ1) is 17.4. The molecule has 1 heterocycles. The van der Waals surface area contributed by atoms with E-state index in [1.54, 1.807) is 24.3 Å². The molecule has 0 fully saturated rings. The van der Waals surface area contributed by atoms with Gasteiger partial charge in [-0.15, -0.1) is 0 Å². The number of aromatic nitrogens is 1. The van der Waals surface area contributed by atoms with Gasteiger partial charge in [-0.3, -0.25) is 9.59 Å².